The fourth-order valence-electron chi connectivity index (χ4n) is 2.00. The molecule has 1 aromatic heterocycles. The van der Waals surface area contributed by atoms with Crippen molar-refractivity contribution in [2.24, 2.45) is 0 Å². The Morgan fingerprint density at radius 1 is 1.60 bits per heavy atom. The molecule has 0 aromatic carbocycles. The van der Waals surface area contributed by atoms with Crippen LogP contribution in [0.15, 0.2) is 23.2 Å². The Morgan fingerprint density at radius 3 is 3.00 bits per heavy atom. The lowest BCUT2D eigenvalue weighted by Crippen LogP contribution is -2.55. The summed E-state index contributed by atoms with van der Waals surface area (Å²) < 4.78 is 31.5. The summed E-state index contributed by atoms with van der Waals surface area (Å²) in [6.45, 7) is 0.334. The Bertz CT molecular complexity index is 604. The van der Waals surface area contributed by atoms with Crippen molar-refractivity contribution in [2.45, 2.75) is 10.9 Å². The van der Waals surface area contributed by atoms with Crippen molar-refractivity contribution < 1.29 is 17.9 Å². The lowest BCUT2D eigenvalue weighted by atomic mass is 10.2. The van der Waals surface area contributed by atoms with E-state index in [4.69, 9.17) is 10.5 Å². The smallest absolute Gasteiger partial charge is 0.247 e. The van der Waals surface area contributed by atoms with E-state index in [1.807, 2.05) is 0 Å². The first kappa shape index (κ1) is 14.7. The second-order valence-electron chi connectivity index (χ2n) is 4.21. The summed E-state index contributed by atoms with van der Waals surface area (Å²) in [7, 11) is -2.45. The van der Waals surface area contributed by atoms with Crippen LogP contribution in [0.2, 0.25) is 0 Å². The number of nitrogens with zero attached hydrogens (tertiary/aromatic N) is 2. The van der Waals surface area contributed by atoms with Gasteiger partial charge in [-0.1, -0.05) is 0 Å². The normalized spacial score (nSPS) is 20.6. The van der Waals surface area contributed by atoms with E-state index >= 15 is 0 Å². The highest BCUT2D eigenvalue weighted by molar-refractivity contribution is 7.89. The van der Waals surface area contributed by atoms with Gasteiger partial charge in [-0.3, -0.25) is 4.79 Å². The molecule has 1 atom stereocenters. The number of morpholine rings is 1. The molecule has 1 aromatic rings. The van der Waals surface area contributed by atoms with Gasteiger partial charge in [0.1, 0.15) is 16.8 Å². The average Bonchev–Trinajstić information content (AvgIpc) is 2.46. The van der Waals surface area contributed by atoms with Crippen LogP contribution in [0.1, 0.15) is 0 Å². The van der Waals surface area contributed by atoms with Gasteiger partial charge < -0.3 is 15.8 Å². The molecule has 1 unspecified atom stereocenters. The molecule has 1 aliphatic rings. The molecule has 2 heterocycles. The molecular formula is C11H16N4O4S. The van der Waals surface area contributed by atoms with Gasteiger partial charge in [0.15, 0.2) is 0 Å². The second kappa shape index (κ2) is 5.73. The number of hydrogen-bond donors (Lipinski definition) is 2. The molecule has 20 heavy (non-hydrogen) atoms. The Labute approximate surface area is 117 Å². The fraction of sp³-hybridized carbons (Fsp3) is 0.455. The molecule has 0 radical (unpaired) electrons. The van der Waals surface area contributed by atoms with Crippen molar-refractivity contribution in [1.29, 1.82) is 0 Å². The molecule has 1 amide bonds. The van der Waals surface area contributed by atoms with Crippen LogP contribution in [0.25, 0.3) is 0 Å². The van der Waals surface area contributed by atoms with Gasteiger partial charge in [0.05, 0.1) is 13.2 Å². The first-order valence-electron chi connectivity index (χ1n) is 6.00. The maximum absolute atomic E-state index is 12.6. The molecule has 1 saturated heterocycles. The number of carbonyl (C=O) groups excluding carboxylic acids is 1. The Balaban J connectivity index is 2.41. The molecular weight excluding hydrogens is 284 g/mol. The van der Waals surface area contributed by atoms with Crippen LogP contribution in [0, 0.1) is 0 Å². The number of pyridine rings is 1. The van der Waals surface area contributed by atoms with E-state index in [0.29, 0.717) is 0 Å². The van der Waals surface area contributed by atoms with Crippen molar-refractivity contribution in [1.82, 2.24) is 14.6 Å². The lowest BCUT2D eigenvalue weighted by Gasteiger charge is -2.33. The van der Waals surface area contributed by atoms with Gasteiger partial charge in [-0.05, 0) is 12.1 Å². The van der Waals surface area contributed by atoms with Crippen LogP contribution in [-0.2, 0) is 19.6 Å². The van der Waals surface area contributed by atoms with Crippen molar-refractivity contribution in [2.75, 3.05) is 32.5 Å². The van der Waals surface area contributed by atoms with E-state index in [-0.39, 0.29) is 30.5 Å². The number of nitrogens with one attached hydrogen (secondary N) is 1. The van der Waals surface area contributed by atoms with Crippen molar-refractivity contribution in [3.63, 3.8) is 0 Å². The maximum atomic E-state index is 12.6. The number of nitrogens with two attached hydrogens (primary N) is 1. The summed E-state index contributed by atoms with van der Waals surface area (Å²) >= 11 is 0. The number of carbonyl (C=O) groups is 1. The van der Waals surface area contributed by atoms with E-state index in [2.05, 4.69) is 10.3 Å². The molecule has 0 bridgehead atoms. The first-order chi connectivity index (χ1) is 9.48. The predicted octanol–water partition coefficient (Wildman–Crippen LogP) is -1.20. The summed E-state index contributed by atoms with van der Waals surface area (Å²) in [4.78, 5) is 15.5. The zero-order valence-corrected chi connectivity index (χ0v) is 11.8. The SMILES string of the molecule is CNC(=O)C1COCCN1S(=O)(=O)c1cccnc1N. The largest absolute Gasteiger partial charge is 0.383 e. The van der Waals surface area contributed by atoms with Crippen LogP contribution in [0.4, 0.5) is 5.82 Å². The van der Waals surface area contributed by atoms with Gasteiger partial charge >= 0.3 is 0 Å². The Morgan fingerprint density at radius 2 is 2.35 bits per heavy atom. The molecule has 1 fully saturated rings. The van der Waals surface area contributed by atoms with Crippen molar-refractivity contribution in [3.05, 3.63) is 18.3 Å². The summed E-state index contributed by atoms with van der Waals surface area (Å²) in [6.07, 6.45) is 1.41. The number of ether oxygens (including phenoxy) is 1. The predicted molar refractivity (Wildman–Crippen MR) is 71.2 cm³/mol. The third kappa shape index (κ3) is 2.60. The zero-order valence-electron chi connectivity index (χ0n) is 10.9. The highest BCUT2D eigenvalue weighted by Crippen LogP contribution is 2.23. The average molecular weight is 300 g/mol. The molecule has 110 valence electrons. The number of likely N-dealkylation sites (N-methyl/N-ethyl adjacent to an activating group) is 1. The van der Waals surface area contributed by atoms with Crippen LogP contribution >= 0.6 is 0 Å². The van der Waals surface area contributed by atoms with Gasteiger partial charge in [0.2, 0.25) is 15.9 Å². The standard InChI is InChI=1S/C11H16N4O4S/c1-13-11(16)8-7-19-6-5-15(8)20(17,18)9-3-2-4-14-10(9)12/h2-4,8H,5-7H2,1H3,(H2,12,14)(H,13,16). The maximum Gasteiger partial charge on any atom is 0.247 e. The number of anilines is 1. The molecule has 2 rings (SSSR count). The molecule has 3 N–H and O–H groups in total. The summed E-state index contributed by atoms with van der Waals surface area (Å²) in [6, 6.07) is 1.95. The van der Waals surface area contributed by atoms with Crippen LogP contribution in [-0.4, -0.2) is 56.5 Å². The second-order valence-corrected chi connectivity index (χ2v) is 6.07. The highest BCUT2D eigenvalue weighted by Gasteiger charge is 2.38. The minimum absolute atomic E-state index is 0.0130. The molecule has 9 heteroatoms. The lowest BCUT2D eigenvalue weighted by molar-refractivity contribution is -0.128. The van der Waals surface area contributed by atoms with Gasteiger partial charge in [0.25, 0.3) is 0 Å². The molecule has 1 aliphatic heterocycles. The van der Waals surface area contributed by atoms with Crippen LogP contribution in [0.5, 0.6) is 0 Å². The van der Waals surface area contributed by atoms with E-state index in [9.17, 15) is 13.2 Å². The Hall–Kier alpha value is -1.71. The van der Waals surface area contributed by atoms with Crippen molar-refractivity contribution >= 4 is 21.7 Å². The number of sulfonamides is 1. The number of rotatable bonds is 3. The van der Waals surface area contributed by atoms with E-state index in [1.54, 1.807) is 0 Å². The number of aromatic nitrogens is 1. The van der Waals surface area contributed by atoms with E-state index < -0.39 is 22.0 Å². The molecule has 0 spiro atoms. The topological polar surface area (TPSA) is 115 Å². The third-order valence-corrected chi connectivity index (χ3v) is 4.97. The Kier molecular flexibility index (Phi) is 4.21. The van der Waals surface area contributed by atoms with E-state index in [1.165, 1.54) is 25.4 Å². The summed E-state index contributed by atoms with van der Waals surface area (Å²) in [5, 5.41) is 2.43. The molecule has 0 aliphatic carbocycles. The molecule has 8 nitrogen and oxygen atoms in total. The number of amides is 1. The van der Waals surface area contributed by atoms with E-state index in [0.717, 1.165) is 4.31 Å². The first-order valence-corrected chi connectivity index (χ1v) is 7.44. The zero-order chi connectivity index (χ0) is 14.8. The van der Waals surface area contributed by atoms with Gasteiger partial charge in [0, 0.05) is 19.8 Å². The highest BCUT2D eigenvalue weighted by atomic mass is 32.2. The van der Waals surface area contributed by atoms with Crippen LogP contribution < -0.4 is 11.1 Å². The van der Waals surface area contributed by atoms with Crippen molar-refractivity contribution in [3.8, 4) is 0 Å². The van der Waals surface area contributed by atoms with Crippen LogP contribution in [0.3, 0.4) is 0 Å². The fourth-order valence-corrected chi connectivity index (χ4v) is 3.62. The minimum atomic E-state index is -3.89. The summed E-state index contributed by atoms with van der Waals surface area (Å²) in [5.74, 6) is -0.509. The number of hydrogen-bond acceptors (Lipinski definition) is 6. The van der Waals surface area contributed by atoms with Gasteiger partial charge in [-0.25, -0.2) is 13.4 Å². The summed E-state index contributed by atoms with van der Waals surface area (Å²) in [5.41, 5.74) is 5.62. The quantitative estimate of drug-likeness (QED) is 0.724. The minimum Gasteiger partial charge on any atom is -0.383 e. The van der Waals surface area contributed by atoms with Gasteiger partial charge in [-0.15, -0.1) is 0 Å². The van der Waals surface area contributed by atoms with Gasteiger partial charge in [-0.2, -0.15) is 4.31 Å². The third-order valence-electron chi connectivity index (χ3n) is 3.01. The molecule has 0 saturated carbocycles. The monoisotopic (exact) mass is 300 g/mol. The number of nitrogen functional groups attached to an aromatic ring is 1.